The van der Waals surface area contributed by atoms with Crippen LogP contribution in [-0.2, 0) is 20.9 Å². The number of carbonyl (C=O) groups is 1. The Balaban J connectivity index is 1.27. The van der Waals surface area contributed by atoms with Gasteiger partial charge in [0.1, 0.15) is 18.0 Å². The lowest BCUT2D eigenvalue weighted by Gasteiger charge is -2.44. The fraction of sp³-hybridized carbons (Fsp3) is 0.458. The van der Waals surface area contributed by atoms with E-state index < -0.39 is 0 Å². The summed E-state index contributed by atoms with van der Waals surface area (Å²) in [6, 6.07) is 17.5. The van der Waals surface area contributed by atoms with Crippen LogP contribution in [0, 0.1) is 0 Å². The molecule has 1 spiro atoms. The molecule has 1 N–H and O–H groups in total. The van der Waals surface area contributed by atoms with E-state index in [0.717, 1.165) is 56.0 Å². The second kappa shape index (κ2) is 9.60. The van der Waals surface area contributed by atoms with Gasteiger partial charge >= 0.3 is 0 Å². The highest BCUT2D eigenvalue weighted by Crippen LogP contribution is 2.36. The Kier molecular flexibility index (Phi) is 6.67. The summed E-state index contributed by atoms with van der Waals surface area (Å²) in [6.07, 6.45) is 3.05. The van der Waals surface area contributed by atoms with Crippen LogP contribution in [0.15, 0.2) is 54.6 Å². The van der Waals surface area contributed by atoms with Gasteiger partial charge in [-0.15, -0.1) is 0 Å². The fourth-order valence-corrected chi connectivity index (χ4v) is 4.47. The lowest BCUT2D eigenvalue weighted by molar-refractivity contribution is -0.146. The smallest absolute Gasteiger partial charge is 0.238 e. The molecule has 2 heterocycles. The van der Waals surface area contributed by atoms with Crippen LogP contribution in [0.4, 0.5) is 5.69 Å². The van der Waals surface area contributed by atoms with Gasteiger partial charge in [-0.25, -0.2) is 0 Å². The first-order chi connectivity index (χ1) is 14.7. The van der Waals surface area contributed by atoms with Crippen LogP contribution in [0.3, 0.4) is 0 Å². The number of nitrogens with zero attached hydrogens (tertiary/aromatic N) is 1. The number of benzene rings is 2. The molecule has 0 aromatic heterocycles. The van der Waals surface area contributed by atoms with Crippen molar-refractivity contribution in [2.24, 2.45) is 0 Å². The van der Waals surface area contributed by atoms with Crippen molar-refractivity contribution in [1.29, 1.82) is 0 Å². The van der Waals surface area contributed by atoms with Gasteiger partial charge in [0.05, 0.1) is 12.6 Å². The van der Waals surface area contributed by atoms with E-state index in [0.29, 0.717) is 13.2 Å². The second-order valence-electron chi connectivity index (χ2n) is 8.09. The summed E-state index contributed by atoms with van der Waals surface area (Å²) in [5, 5.41) is 2.99. The van der Waals surface area contributed by atoms with E-state index in [1.807, 2.05) is 54.6 Å². The predicted molar refractivity (Wildman–Crippen MR) is 116 cm³/mol. The minimum atomic E-state index is -0.259. The van der Waals surface area contributed by atoms with Crippen molar-refractivity contribution in [2.75, 3.05) is 38.7 Å². The maximum Gasteiger partial charge on any atom is 0.238 e. The summed E-state index contributed by atoms with van der Waals surface area (Å²) in [7, 11) is 1.75. The van der Waals surface area contributed by atoms with E-state index in [1.54, 1.807) is 7.11 Å². The number of hydrogen-bond acceptors (Lipinski definition) is 5. The van der Waals surface area contributed by atoms with Crippen molar-refractivity contribution < 1.29 is 19.0 Å². The third kappa shape index (κ3) is 5.01. The zero-order chi connectivity index (χ0) is 20.8. The van der Waals surface area contributed by atoms with Crippen LogP contribution >= 0.6 is 0 Å². The summed E-state index contributed by atoms with van der Waals surface area (Å²) in [5.41, 5.74) is 1.63. The van der Waals surface area contributed by atoms with E-state index in [2.05, 4.69) is 10.2 Å². The maximum atomic E-state index is 12.6. The molecule has 2 saturated heterocycles. The molecule has 0 saturated carbocycles. The molecule has 2 aliphatic rings. The van der Waals surface area contributed by atoms with Crippen molar-refractivity contribution in [1.82, 2.24) is 4.90 Å². The predicted octanol–water partition coefficient (Wildman–Crippen LogP) is 3.47. The second-order valence-corrected chi connectivity index (χ2v) is 8.09. The molecule has 160 valence electrons. The number of methoxy groups -OCH3 is 1. The number of piperidine rings is 1. The Morgan fingerprint density at radius 3 is 2.70 bits per heavy atom. The highest BCUT2D eigenvalue weighted by molar-refractivity contribution is 5.92. The molecular weight excluding hydrogens is 380 g/mol. The van der Waals surface area contributed by atoms with Crippen molar-refractivity contribution in [2.45, 2.75) is 37.6 Å². The summed E-state index contributed by atoms with van der Waals surface area (Å²) >= 11 is 0. The molecule has 2 atom stereocenters. The van der Waals surface area contributed by atoms with Crippen LogP contribution < -0.4 is 10.1 Å². The third-order valence-electron chi connectivity index (χ3n) is 5.96. The molecule has 30 heavy (non-hydrogen) atoms. The van der Waals surface area contributed by atoms with E-state index in [9.17, 15) is 4.79 Å². The molecule has 2 aromatic carbocycles. The SMILES string of the molecule is COC1CCN(CC(=O)Nc2ccc(OCc3ccccc3)cc2)CC12CCCO2. The van der Waals surface area contributed by atoms with Gasteiger partial charge < -0.3 is 19.5 Å². The minimum absolute atomic E-state index is 0.0167. The molecule has 6 heteroatoms. The van der Waals surface area contributed by atoms with E-state index >= 15 is 0 Å². The number of amides is 1. The van der Waals surface area contributed by atoms with Gasteiger partial charge in [0, 0.05) is 32.5 Å². The summed E-state index contributed by atoms with van der Waals surface area (Å²) in [4.78, 5) is 14.7. The molecule has 6 nitrogen and oxygen atoms in total. The Hall–Kier alpha value is -2.41. The largest absolute Gasteiger partial charge is 0.489 e. The maximum absolute atomic E-state index is 12.6. The van der Waals surface area contributed by atoms with Gasteiger partial charge in [-0.05, 0) is 49.1 Å². The highest BCUT2D eigenvalue weighted by atomic mass is 16.6. The number of likely N-dealkylation sites (tertiary alicyclic amines) is 1. The summed E-state index contributed by atoms with van der Waals surface area (Å²) in [5.74, 6) is 0.760. The Morgan fingerprint density at radius 2 is 2.00 bits per heavy atom. The molecule has 2 fully saturated rings. The molecule has 0 aliphatic carbocycles. The first kappa shape index (κ1) is 20.8. The van der Waals surface area contributed by atoms with Gasteiger partial charge in [-0.1, -0.05) is 30.3 Å². The summed E-state index contributed by atoms with van der Waals surface area (Å²) in [6.45, 7) is 3.23. The first-order valence-electron chi connectivity index (χ1n) is 10.6. The molecule has 1 amide bonds. The number of anilines is 1. The standard InChI is InChI=1S/C24H30N2O4/c1-28-22-12-14-26(18-24(22)13-5-15-30-24)16-23(27)25-20-8-10-21(11-9-20)29-17-19-6-3-2-4-7-19/h2-4,6-11,22H,5,12-18H2,1H3,(H,25,27). The lowest BCUT2D eigenvalue weighted by Crippen LogP contribution is -2.58. The molecule has 2 aliphatic heterocycles. The number of rotatable bonds is 7. The van der Waals surface area contributed by atoms with Crippen LogP contribution in [0.2, 0.25) is 0 Å². The number of nitrogens with one attached hydrogen (secondary N) is 1. The quantitative estimate of drug-likeness (QED) is 0.757. The van der Waals surface area contributed by atoms with Crippen molar-refractivity contribution in [3.63, 3.8) is 0 Å². The van der Waals surface area contributed by atoms with E-state index in [-0.39, 0.29) is 17.6 Å². The van der Waals surface area contributed by atoms with Crippen LogP contribution in [0.5, 0.6) is 5.75 Å². The molecule has 0 bridgehead atoms. The molecular formula is C24H30N2O4. The fourth-order valence-electron chi connectivity index (χ4n) is 4.47. The molecule has 0 radical (unpaired) electrons. The number of ether oxygens (including phenoxy) is 3. The zero-order valence-electron chi connectivity index (χ0n) is 17.5. The minimum Gasteiger partial charge on any atom is -0.489 e. The van der Waals surface area contributed by atoms with Gasteiger partial charge in [0.15, 0.2) is 0 Å². The highest BCUT2D eigenvalue weighted by Gasteiger charge is 2.47. The topological polar surface area (TPSA) is 60.0 Å². The number of carbonyl (C=O) groups excluding carboxylic acids is 1. The normalized spacial score (nSPS) is 24.1. The first-order valence-corrected chi connectivity index (χ1v) is 10.6. The van der Waals surface area contributed by atoms with E-state index in [1.165, 1.54) is 0 Å². The Morgan fingerprint density at radius 1 is 1.20 bits per heavy atom. The lowest BCUT2D eigenvalue weighted by atomic mass is 9.87. The van der Waals surface area contributed by atoms with Gasteiger partial charge in [-0.3, -0.25) is 9.69 Å². The average Bonchev–Trinajstić information content (AvgIpc) is 3.22. The summed E-state index contributed by atoms with van der Waals surface area (Å²) < 4.78 is 17.5. The van der Waals surface area contributed by atoms with Crippen molar-refractivity contribution in [3.05, 3.63) is 60.2 Å². The van der Waals surface area contributed by atoms with Crippen LogP contribution in [0.1, 0.15) is 24.8 Å². The van der Waals surface area contributed by atoms with Gasteiger partial charge in [0.25, 0.3) is 0 Å². The molecule has 2 unspecified atom stereocenters. The van der Waals surface area contributed by atoms with Crippen LogP contribution in [-0.4, -0.2) is 55.9 Å². The van der Waals surface area contributed by atoms with Crippen molar-refractivity contribution >= 4 is 11.6 Å². The Labute approximate surface area is 178 Å². The van der Waals surface area contributed by atoms with Gasteiger partial charge in [0.2, 0.25) is 5.91 Å². The average molecular weight is 411 g/mol. The zero-order valence-corrected chi connectivity index (χ0v) is 17.5. The van der Waals surface area contributed by atoms with Crippen LogP contribution in [0.25, 0.3) is 0 Å². The van der Waals surface area contributed by atoms with Crippen molar-refractivity contribution in [3.8, 4) is 5.75 Å². The number of hydrogen-bond donors (Lipinski definition) is 1. The molecule has 4 rings (SSSR count). The third-order valence-corrected chi connectivity index (χ3v) is 5.96. The molecule has 2 aromatic rings. The Bertz CT molecular complexity index is 819. The van der Waals surface area contributed by atoms with Gasteiger partial charge in [-0.2, -0.15) is 0 Å². The monoisotopic (exact) mass is 410 g/mol. The van der Waals surface area contributed by atoms with E-state index in [4.69, 9.17) is 14.2 Å².